The summed E-state index contributed by atoms with van der Waals surface area (Å²) in [5.41, 5.74) is -0.505. The minimum Gasteiger partial charge on any atom is -0.444 e. The molecule has 164 valence electrons. The highest BCUT2D eigenvalue weighted by Crippen LogP contribution is 2.24. The molecule has 1 aliphatic rings. The molecule has 0 aromatic carbocycles. The third kappa shape index (κ3) is 8.12. The highest BCUT2D eigenvalue weighted by atomic mass is 32.1. The predicted octanol–water partition coefficient (Wildman–Crippen LogP) is 3.43. The first-order chi connectivity index (χ1) is 13.7. The van der Waals surface area contributed by atoms with Gasteiger partial charge in [0, 0.05) is 32.7 Å². The molecule has 0 radical (unpaired) electrons. The van der Waals surface area contributed by atoms with Gasteiger partial charge in [0.25, 0.3) is 0 Å². The second-order valence-corrected chi connectivity index (χ2v) is 9.73. The molecule has 1 aliphatic heterocycles. The van der Waals surface area contributed by atoms with Gasteiger partial charge in [-0.2, -0.15) is 0 Å². The zero-order valence-corrected chi connectivity index (χ0v) is 19.4. The summed E-state index contributed by atoms with van der Waals surface area (Å²) in [5, 5.41) is 13.3. The summed E-state index contributed by atoms with van der Waals surface area (Å²) in [5.74, 6) is 1.04. The fourth-order valence-electron chi connectivity index (χ4n) is 3.20. The molecule has 8 heteroatoms. The largest absolute Gasteiger partial charge is 0.444 e. The molecule has 1 aromatic heterocycles. The summed E-state index contributed by atoms with van der Waals surface area (Å²) < 4.78 is 5.39. The van der Waals surface area contributed by atoms with Crippen molar-refractivity contribution in [3.63, 3.8) is 0 Å². The number of nitrogens with one attached hydrogen (secondary N) is 3. The van der Waals surface area contributed by atoms with Crippen molar-refractivity contribution in [1.82, 2.24) is 16.0 Å². The molecule has 29 heavy (non-hydrogen) atoms. The van der Waals surface area contributed by atoms with Crippen molar-refractivity contribution in [3.8, 4) is 0 Å². The standard InChI is InChI=1S/C21H37N5O2S/c1-15(2)17(25-20(27)28-21(3,4)5)14-23-19(22-6)24-16-9-11-26(12-10-16)18-8-7-13-29-18/h7-8,13,15-17H,9-12,14H2,1-6H3,(H,25,27)(H2,22,23,24). The van der Waals surface area contributed by atoms with Gasteiger partial charge >= 0.3 is 6.09 Å². The van der Waals surface area contributed by atoms with E-state index in [2.05, 4.69) is 57.2 Å². The van der Waals surface area contributed by atoms with Gasteiger partial charge in [0.05, 0.1) is 11.0 Å². The van der Waals surface area contributed by atoms with Crippen LogP contribution in [0.25, 0.3) is 0 Å². The molecule has 1 fully saturated rings. The number of nitrogens with zero attached hydrogens (tertiary/aromatic N) is 2. The van der Waals surface area contributed by atoms with Crippen LogP contribution in [0.3, 0.4) is 0 Å². The van der Waals surface area contributed by atoms with Gasteiger partial charge in [-0.15, -0.1) is 11.3 Å². The van der Waals surface area contributed by atoms with E-state index in [0.29, 0.717) is 12.6 Å². The minimum absolute atomic E-state index is 0.0518. The maximum Gasteiger partial charge on any atom is 0.407 e. The number of ether oxygens (including phenoxy) is 1. The Morgan fingerprint density at radius 1 is 1.34 bits per heavy atom. The lowest BCUT2D eigenvalue weighted by atomic mass is 10.0. The average Bonchev–Trinajstić information content (AvgIpc) is 3.17. The van der Waals surface area contributed by atoms with Crippen molar-refractivity contribution in [2.45, 2.75) is 65.1 Å². The fraction of sp³-hybridized carbons (Fsp3) is 0.714. The first-order valence-electron chi connectivity index (χ1n) is 10.4. The van der Waals surface area contributed by atoms with Crippen LogP contribution in [0.4, 0.5) is 9.80 Å². The van der Waals surface area contributed by atoms with Gasteiger partial charge in [0.1, 0.15) is 5.60 Å². The minimum atomic E-state index is -0.505. The van der Waals surface area contributed by atoms with Crippen molar-refractivity contribution in [3.05, 3.63) is 17.5 Å². The first-order valence-corrected chi connectivity index (χ1v) is 11.3. The van der Waals surface area contributed by atoms with Gasteiger partial charge in [-0.3, -0.25) is 4.99 Å². The quantitative estimate of drug-likeness (QED) is 0.483. The van der Waals surface area contributed by atoms with E-state index >= 15 is 0 Å². The second-order valence-electron chi connectivity index (χ2n) is 8.81. The van der Waals surface area contributed by atoms with Gasteiger partial charge in [-0.1, -0.05) is 13.8 Å². The van der Waals surface area contributed by atoms with Gasteiger partial charge in [-0.25, -0.2) is 4.79 Å². The summed E-state index contributed by atoms with van der Waals surface area (Å²) in [6.07, 6.45) is 1.76. The number of hydrogen-bond acceptors (Lipinski definition) is 5. The number of carbonyl (C=O) groups is 1. The number of amides is 1. The Morgan fingerprint density at radius 3 is 2.55 bits per heavy atom. The van der Waals surface area contributed by atoms with E-state index in [1.165, 1.54) is 5.00 Å². The van der Waals surface area contributed by atoms with Crippen LogP contribution >= 0.6 is 11.3 Å². The summed E-state index contributed by atoms with van der Waals surface area (Å²) in [7, 11) is 1.78. The van der Waals surface area contributed by atoms with Gasteiger partial charge in [0.2, 0.25) is 0 Å². The Balaban J connectivity index is 1.79. The van der Waals surface area contributed by atoms with Crippen LogP contribution in [0.1, 0.15) is 47.5 Å². The molecule has 1 saturated heterocycles. The van der Waals surface area contributed by atoms with Crippen LogP contribution in [0.2, 0.25) is 0 Å². The molecule has 0 aliphatic carbocycles. The summed E-state index contributed by atoms with van der Waals surface area (Å²) in [6, 6.07) is 4.63. The van der Waals surface area contributed by atoms with Crippen molar-refractivity contribution in [1.29, 1.82) is 0 Å². The molecule has 1 atom stereocenters. The SMILES string of the molecule is CN=C(NCC(NC(=O)OC(C)(C)C)C(C)C)NC1CCN(c2cccs2)CC1. The van der Waals surface area contributed by atoms with E-state index in [4.69, 9.17) is 4.74 Å². The summed E-state index contributed by atoms with van der Waals surface area (Å²) >= 11 is 1.80. The van der Waals surface area contributed by atoms with E-state index in [1.807, 2.05) is 20.8 Å². The number of piperidine rings is 1. The maximum absolute atomic E-state index is 12.1. The third-order valence-corrected chi connectivity index (χ3v) is 5.80. The van der Waals surface area contributed by atoms with Crippen molar-refractivity contribution >= 4 is 28.4 Å². The average molecular weight is 424 g/mol. The number of hydrogen-bond donors (Lipinski definition) is 3. The van der Waals surface area contributed by atoms with Crippen LogP contribution in [0.15, 0.2) is 22.5 Å². The predicted molar refractivity (Wildman–Crippen MR) is 122 cm³/mol. The molecular weight excluding hydrogens is 386 g/mol. The third-order valence-electron chi connectivity index (χ3n) is 4.87. The molecule has 0 spiro atoms. The monoisotopic (exact) mass is 423 g/mol. The number of aliphatic imine (C=N–C) groups is 1. The zero-order valence-electron chi connectivity index (χ0n) is 18.6. The fourth-order valence-corrected chi connectivity index (χ4v) is 3.99. The van der Waals surface area contributed by atoms with Crippen molar-refractivity contribution in [2.24, 2.45) is 10.9 Å². The van der Waals surface area contributed by atoms with E-state index < -0.39 is 5.60 Å². The molecule has 2 rings (SSSR count). The molecule has 0 bridgehead atoms. The number of alkyl carbamates (subject to hydrolysis) is 1. The van der Waals surface area contributed by atoms with Crippen LogP contribution in [0, 0.1) is 5.92 Å². The zero-order chi connectivity index (χ0) is 21.4. The molecule has 2 heterocycles. The van der Waals surface area contributed by atoms with Gasteiger partial charge < -0.3 is 25.6 Å². The Labute approximate surface area is 179 Å². The smallest absolute Gasteiger partial charge is 0.407 e. The Bertz CT molecular complexity index is 647. The molecule has 1 unspecified atom stereocenters. The van der Waals surface area contributed by atoms with Crippen LogP contribution in [0.5, 0.6) is 0 Å². The number of carbonyl (C=O) groups excluding carboxylic acids is 1. The van der Waals surface area contributed by atoms with Crippen LogP contribution < -0.4 is 20.9 Å². The van der Waals surface area contributed by atoms with Gasteiger partial charge in [0.15, 0.2) is 5.96 Å². The summed E-state index contributed by atoms with van der Waals surface area (Å²) in [4.78, 5) is 18.9. The van der Waals surface area contributed by atoms with E-state index in [9.17, 15) is 4.79 Å². The molecular formula is C21H37N5O2S. The second kappa shape index (κ2) is 10.7. The number of anilines is 1. The Morgan fingerprint density at radius 2 is 2.03 bits per heavy atom. The number of rotatable bonds is 6. The van der Waals surface area contributed by atoms with Crippen molar-refractivity contribution in [2.75, 3.05) is 31.6 Å². The molecule has 7 nitrogen and oxygen atoms in total. The first kappa shape index (κ1) is 23.3. The lowest BCUT2D eigenvalue weighted by Crippen LogP contribution is -2.53. The van der Waals surface area contributed by atoms with Crippen molar-refractivity contribution < 1.29 is 9.53 Å². The molecule has 0 saturated carbocycles. The normalized spacial score (nSPS) is 17.2. The lowest BCUT2D eigenvalue weighted by molar-refractivity contribution is 0.0491. The Hall–Kier alpha value is -1.96. The molecule has 1 amide bonds. The molecule has 3 N–H and O–H groups in total. The van der Waals surface area contributed by atoms with Gasteiger partial charge in [-0.05, 0) is 57.0 Å². The highest BCUT2D eigenvalue weighted by Gasteiger charge is 2.23. The lowest BCUT2D eigenvalue weighted by Gasteiger charge is -2.34. The highest BCUT2D eigenvalue weighted by molar-refractivity contribution is 7.14. The molecule has 1 aromatic rings. The Kier molecular flexibility index (Phi) is 8.61. The van der Waals surface area contributed by atoms with E-state index in [0.717, 1.165) is 31.9 Å². The summed E-state index contributed by atoms with van der Waals surface area (Å²) in [6.45, 7) is 12.4. The number of thiophene rings is 1. The maximum atomic E-state index is 12.1. The van der Waals surface area contributed by atoms with Crippen LogP contribution in [-0.4, -0.2) is 56.4 Å². The topological polar surface area (TPSA) is 78.0 Å². The van der Waals surface area contributed by atoms with Crippen LogP contribution in [-0.2, 0) is 4.74 Å². The van der Waals surface area contributed by atoms with E-state index in [-0.39, 0.29) is 18.1 Å². The number of guanidine groups is 1. The van der Waals surface area contributed by atoms with E-state index in [1.54, 1.807) is 18.4 Å².